The Balaban J connectivity index is 1.41. The van der Waals surface area contributed by atoms with Crippen molar-refractivity contribution in [2.75, 3.05) is 7.11 Å². The van der Waals surface area contributed by atoms with E-state index in [1.807, 2.05) is 12.1 Å². The summed E-state index contributed by atoms with van der Waals surface area (Å²) in [6, 6.07) is 15.1. The van der Waals surface area contributed by atoms with Gasteiger partial charge >= 0.3 is 0 Å². The highest BCUT2D eigenvalue weighted by Crippen LogP contribution is 2.62. The first kappa shape index (κ1) is 22.8. The van der Waals surface area contributed by atoms with Crippen LogP contribution in [0.25, 0.3) is 0 Å². The molecule has 2 aromatic carbocycles. The Morgan fingerprint density at radius 1 is 1.11 bits per heavy atom. The number of fused-ring (bicyclic) bond motifs is 3. The van der Waals surface area contributed by atoms with Crippen LogP contribution in [0.3, 0.4) is 0 Å². The number of hydrogen-bond donors (Lipinski definition) is 1. The van der Waals surface area contributed by atoms with Crippen LogP contribution in [0.1, 0.15) is 72.8 Å². The third kappa shape index (κ3) is 3.62. The number of aliphatic imine (C=N–C) groups is 1. The van der Waals surface area contributed by atoms with Gasteiger partial charge in [0.15, 0.2) is 11.5 Å². The Morgan fingerprint density at radius 3 is 2.60 bits per heavy atom. The Labute approximate surface area is 208 Å². The van der Waals surface area contributed by atoms with Crippen LogP contribution < -0.4 is 5.73 Å². The number of benzene rings is 2. The first-order chi connectivity index (χ1) is 17.0. The molecule has 1 heterocycles. The van der Waals surface area contributed by atoms with E-state index >= 15 is 0 Å². The predicted octanol–water partition coefficient (Wildman–Crippen LogP) is 5.02. The smallest absolute Gasteiger partial charge is 0.262 e. The van der Waals surface area contributed by atoms with Crippen LogP contribution in [0.4, 0.5) is 0 Å². The van der Waals surface area contributed by atoms with Crippen molar-refractivity contribution in [2.45, 2.75) is 82.9 Å². The lowest BCUT2D eigenvalue weighted by Gasteiger charge is -2.45. The zero-order valence-electron chi connectivity index (χ0n) is 21.1. The molecular weight excluding hydrogens is 434 g/mol. The van der Waals surface area contributed by atoms with Crippen LogP contribution in [0.2, 0.25) is 0 Å². The topological polar surface area (TPSA) is 67.9 Å². The van der Waals surface area contributed by atoms with Gasteiger partial charge in [0.25, 0.3) is 5.91 Å². The summed E-state index contributed by atoms with van der Waals surface area (Å²) < 4.78 is 5.71. The van der Waals surface area contributed by atoms with Crippen molar-refractivity contribution in [1.29, 1.82) is 0 Å². The molecule has 2 fully saturated rings. The molecule has 0 saturated heterocycles. The zero-order valence-corrected chi connectivity index (χ0v) is 21.1. The van der Waals surface area contributed by atoms with Crippen molar-refractivity contribution in [2.24, 2.45) is 22.1 Å². The number of guanidine groups is 1. The standard InChI is InChI=1S/C30H37N3O2/c1-20-5-3-4-6-24(20)19-33-27(34)30(32-28(33)31)26-17-22(10-9-21-7-8-21)11-12-23(26)18-29(30)15-13-25(35-2)14-16-29/h3-6,11-12,17,21,25H,7-10,13-16,18-19H2,1-2H3,(H2,31,32). The summed E-state index contributed by atoms with van der Waals surface area (Å²) in [4.78, 5) is 21.4. The van der Waals surface area contributed by atoms with Gasteiger partial charge in [0.2, 0.25) is 0 Å². The van der Waals surface area contributed by atoms with Crippen LogP contribution in [0, 0.1) is 18.3 Å². The molecule has 2 N–H and O–H groups in total. The molecule has 1 aliphatic heterocycles. The molecule has 2 aromatic rings. The van der Waals surface area contributed by atoms with Gasteiger partial charge in [-0.05, 0) is 85.6 Å². The number of carbonyl (C=O) groups is 1. The van der Waals surface area contributed by atoms with Crippen LogP contribution >= 0.6 is 0 Å². The van der Waals surface area contributed by atoms with E-state index in [0.29, 0.717) is 12.5 Å². The second-order valence-electron chi connectivity index (χ2n) is 11.4. The third-order valence-electron chi connectivity index (χ3n) is 9.32. The minimum Gasteiger partial charge on any atom is -0.381 e. The number of aryl methyl sites for hydroxylation is 2. The highest BCUT2D eigenvalue weighted by molar-refractivity contribution is 6.08. The predicted molar refractivity (Wildman–Crippen MR) is 138 cm³/mol. The van der Waals surface area contributed by atoms with E-state index in [-0.39, 0.29) is 17.4 Å². The van der Waals surface area contributed by atoms with E-state index < -0.39 is 5.54 Å². The first-order valence-corrected chi connectivity index (χ1v) is 13.3. The average Bonchev–Trinajstić information content (AvgIpc) is 3.62. The molecule has 5 heteroatoms. The SMILES string of the molecule is COC1CCC2(CC1)Cc1ccc(CCC3CC3)cc1C21N=C(N)N(Cc2ccccc2C)C1=O. The quantitative estimate of drug-likeness (QED) is 0.643. The number of carbonyl (C=O) groups excluding carboxylic acids is 1. The van der Waals surface area contributed by atoms with Gasteiger partial charge in [0, 0.05) is 12.5 Å². The second-order valence-corrected chi connectivity index (χ2v) is 11.4. The monoisotopic (exact) mass is 471 g/mol. The highest BCUT2D eigenvalue weighted by atomic mass is 16.5. The molecule has 2 saturated carbocycles. The Bertz CT molecular complexity index is 1180. The second kappa shape index (κ2) is 8.48. The minimum absolute atomic E-state index is 0.0622. The number of methoxy groups -OCH3 is 1. The van der Waals surface area contributed by atoms with Gasteiger partial charge in [-0.2, -0.15) is 0 Å². The van der Waals surface area contributed by atoms with E-state index in [0.717, 1.165) is 55.6 Å². The molecule has 0 aromatic heterocycles. The van der Waals surface area contributed by atoms with Gasteiger partial charge in [-0.15, -0.1) is 0 Å². The van der Waals surface area contributed by atoms with E-state index in [9.17, 15) is 4.79 Å². The van der Waals surface area contributed by atoms with Gasteiger partial charge in [-0.3, -0.25) is 9.69 Å². The Hall–Kier alpha value is -2.66. The number of nitrogens with two attached hydrogens (primary N) is 1. The van der Waals surface area contributed by atoms with Gasteiger partial charge in [0.1, 0.15) is 0 Å². The summed E-state index contributed by atoms with van der Waals surface area (Å²) in [6.45, 7) is 2.56. The number of amides is 1. The van der Waals surface area contributed by atoms with Gasteiger partial charge < -0.3 is 10.5 Å². The summed E-state index contributed by atoms with van der Waals surface area (Å²) in [5.41, 5.74) is 11.5. The number of hydrogen-bond acceptors (Lipinski definition) is 4. The fourth-order valence-electron chi connectivity index (χ4n) is 6.95. The van der Waals surface area contributed by atoms with Crippen LogP contribution in [0.15, 0.2) is 47.5 Å². The van der Waals surface area contributed by atoms with Crippen LogP contribution in [0.5, 0.6) is 0 Å². The zero-order chi connectivity index (χ0) is 24.2. The highest BCUT2D eigenvalue weighted by Gasteiger charge is 2.66. The average molecular weight is 472 g/mol. The first-order valence-electron chi connectivity index (χ1n) is 13.3. The number of nitrogens with zero attached hydrogens (tertiary/aromatic N) is 2. The Kier molecular flexibility index (Phi) is 5.52. The fraction of sp³-hybridized carbons (Fsp3) is 0.533. The van der Waals surface area contributed by atoms with Crippen molar-refractivity contribution >= 4 is 11.9 Å². The fourth-order valence-corrected chi connectivity index (χ4v) is 6.95. The summed E-state index contributed by atoms with van der Waals surface area (Å²) >= 11 is 0. The molecule has 1 unspecified atom stereocenters. The molecule has 4 aliphatic rings. The lowest BCUT2D eigenvalue weighted by molar-refractivity contribution is -0.138. The Morgan fingerprint density at radius 2 is 1.89 bits per heavy atom. The normalized spacial score (nSPS) is 29.8. The lowest BCUT2D eigenvalue weighted by atomic mass is 9.61. The van der Waals surface area contributed by atoms with Crippen molar-refractivity contribution in [3.8, 4) is 0 Å². The molecule has 6 rings (SSSR count). The minimum atomic E-state index is -0.913. The van der Waals surface area contributed by atoms with Crippen molar-refractivity contribution in [3.63, 3.8) is 0 Å². The van der Waals surface area contributed by atoms with Gasteiger partial charge in [-0.25, -0.2) is 4.99 Å². The number of ether oxygens (including phenoxy) is 1. The maximum absolute atomic E-state index is 14.5. The van der Waals surface area contributed by atoms with Crippen LogP contribution in [-0.4, -0.2) is 30.0 Å². The molecule has 35 heavy (non-hydrogen) atoms. The largest absolute Gasteiger partial charge is 0.381 e. The molecular formula is C30H37N3O2. The van der Waals surface area contributed by atoms with E-state index in [1.54, 1.807) is 12.0 Å². The summed E-state index contributed by atoms with van der Waals surface area (Å²) in [7, 11) is 1.80. The van der Waals surface area contributed by atoms with E-state index in [4.69, 9.17) is 15.5 Å². The molecule has 1 amide bonds. The molecule has 0 bridgehead atoms. The van der Waals surface area contributed by atoms with Crippen molar-refractivity contribution in [1.82, 2.24) is 4.90 Å². The summed E-state index contributed by atoms with van der Waals surface area (Å²) in [5.74, 6) is 1.31. The van der Waals surface area contributed by atoms with Crippen molar-refractivity contribution < 1.29 is 9.53 Å². The van der Waals surface area contributed by atoms with Crippen LogP contribution in [-0.2, 0) is 34.5 Å². The molecule has 0 radical (unpaired) electrons. The maximum Gasteiger partial charge on any atom is 0.262 e. The van der Waals surface area contributed by atoms with Gasteiger partial charge in [-0.1, -0.05) is 55.3 Å². The number of rotatable bonds is 6. The molecule has 3 aliphatic carbocycles. The van der Waals surface area contributed by atoms with Crippen molar-refractivity contribution in [3.05, 3.63) is 70.3 Å². The van der Waals surface area contributed by atoms with E-state index in [1.165, 1.54) is 36.0 Å². The summed E-state index contributed by atoms with van der Waals surface area (Å²) in [6.07, 6.45) is 9.98. The van der Waals surface area contributed by atoms with Gasteiger partial charge in [0.05, 0.1) is 12.6 Å². The lowest BCUT2D eigenvalue weighted by Crippen LogP contribution is -2.52. The molecule has 2 spiro atoms. The maximum atomic E-state index is 14.5. The molecule has 1 atom stereocenters. The molecule has 184 valence electrons. The molecule has 5 nitrogen and oxygen atoms in total. The van der Waals surface area contributed by atoms with E-state index in [2.05, 4.69) is 37.3 Å². The summed E-state index contributed by atoms with van der Waals surface area (Å²) in [5, 5.41) is 0. The third-order valence-corrected chi connectivity index (χ3v) is 9.32.